The number of hydrogen-bond donors (Lipinski definition) is 2. The second-order valence-electron chi connectivity index (χ2n) is 4.87. The highest BCUT2D eigenvalue weighted by Gasteiger charge is 2.18. The molecule has 0 unspecified atom stereocenters. The van der Waals surface area contributed by atoms with E-state index in [1.165, 1.54) is 17.2 Å². The highest BCUT2D eigenvalue weighted by molar-refractivity contribution is 5.93. The molecule has 0 saturated carbocycles. The number of urea groups is 1. The first kappa shape index (κ1) is 20.4. The number of anilines is 1. The number of aromatic nitrogens is 1. The molecule has 0 radical (unpaired) electrons. The van der Waals surface area contributed by atoms with Crippen molar-refractivity contribution >= 4 is 23.7 Å². The summed E-state index contributed by atoms with van der Waals surface area (Å²) in [5, 5.41) is 8.50. The monoisotopic (exact) mass is 356 g/mol. The Morgan fingerprint density at radius 2 is 2.08 bits per heavy atom. The molecule has 0 aliphatic rings. The van der Waals surface area contributed by atoms with E-state index in [1.54, 1.807) is 6.92 Å². The Morgan fingerprint density at radius 3 is 2.72 bits per heavy atom. The van der Waals surface area contributed by atoms with E-state index in [1.807, 2.05) is 6.92 Å². The molecular formula is C15H24N4O6. The number of ether oxygens (including phenoxy) is 2. The van der Waals surface area contributed by atoms with Gasteiger partial charge in [0.15, 0.2) is 5.82 Å². The summed E-state index contributed by atoms with van der Waals surface area (Å²) < 4.78 is 14.6. The number of amides is 3. The quantitative estimate of drug-likeness (QED) is 0.440. The Balaban J connectivity index is 2.52. The maximum Gasteiger partial charge on any atom is 0.325 e. The van der Waals surface area contributed by atoms with Gasteiger partial charge >= 0.3 is 12.0 Å². The summed E-state index contributed by atoms with van der Waals surface area (Å²) in [6.07, 6.45) is 1.87. The lowest BCUT2D eigenvalue weighted by Gasteiger charge is -2.22. The standard InChI is InChI=1S/C15H24N4O6/c1-3-23-8-5-7-19(15(22)16-10-14(21)24-4-2)11-13(20)17-12-6-9-25-18-12/h6,9H,3-5,7-8,10-11H2,1-2H3,(H,16,22)(H,17,18,20). The van der Waals surface area contributed by atoms with Gasteiger partial charge in [0, 0.05) is 25.8 Å². The lowest BCUT2D eigenvalue weighted by molar-refractivity contribution is -0.141. The molecule has 3 amide bonds. The van der Waals surface area contributed by atoms with E-state index in [-0.39, 0.29) is 25.5 Å². The third-order valence-corrected chi connectivity index (χ3v) is 2.94. The predicted molar refractivity (Wildman–Crippen MR) is 87.8 cm³/mol. The van der Waals surface area contributed by atoms with Gasteiger partial charge < -0.3 is 29.5 Å². The summed E-state index contributed by atoms with van der Waals surface area (Å²) in [5.74, 6) is -0.722. The van der Waals surface area contributed by atoms with Crippen LogP contribution in [0.4, 0.5) is 10.6 Å². The van der Waals surface area contributed by atoms with Crippen LogP contribution in [0, 0.1) is 0 Å². The molecule has 10 heteroatoms. The summed E-state index contributed by atoms with van der Waals surface area (Å²) in [5.41, 5.74) is 0. The molecule has 0 aliphatic heterocycles. The Labute approximate surface area is 145 Å². The number of nitrogens with zero attached hydrogens (tertiary/aromatic N) is 2. The van der Waals surface area contributed by atoms with Crippen LogP contribution in [0.25, 0.3) is 0 Å². The minimum Gasteiger partial charge on any atom is -0.465 e. The van der Waals surface area contributed by atoms with Gasteiger partial charge in [-0.25, -0.2) is 4.79 Å². The molecule has 0 aliphatic carbocycles. The zero-order chi connectivity index (χ0) is 18.5. The Bertz CT molecular complexity index is 534. The van der Waals surface area contributed by atoms with Gasteiger partial charge in [0.05, 0.1) is 6.61 Å². The molecule has 2 N–H and O–H groups in total. The lowest BCUT2D eigenvalue weighted by atomic mass is 10.4. The van der Waals surface area contributed by atoms with Gasteiger partial charge in [0.1, 0.15) is 19.4 Å². The second kappa shape index (κ2) is 11.8. The van der Waals surface area contributed by atoms with E-state index in [9.17, 15) is 14.4 Å². The van der Waals surface area contributed by atoms with Crippen LogP contribution in [0.5, 0.6) is 0 Å². The van der Waals surface area contributed by atoms with Gasteiger partial charge in [0.25, 0.3) is 0 Å². The van der Waals surface area contributed by atoms with Crippen molar-refractivity contribution in [3.63, 3.8) is 0 Å². The molecule has 140 valence electrons. The Hall–Kier alpha value is -2.62. The minimum absolute atomic E-state index is 0.201. The zero-order valence-corrected chi connectivity index (χ0v) is 14.4. The smallest absolute Gasteiger partial charge is 0.325 e. The molecule has 1 heterocycles. The summed E-state index contributed by atoms with van der Waals surface area (Å²) in [4.78, 5) is 36.8. The van der Waals surface area contributed by atoms with Crippen LogP contribution >= 0.6 is 0 Å². The van der Waals surface area contributed by atoms with Crippen LogP contribution in [-0.2, 0) is 19.1 Å². The average Bonchev–Trinajstić information content (AvgIpc) is 3.08. The van der Waals surface area contributed by atoms with Gasteiger partial charge in [-0.3, -0.25) is 9.59 Å². The van der Waals surface area contributed by atoms with Gasteiger partial charge in [-0.15, -0.1) is 0 Å². The second-order valence-corrected chi connectivity index (χ2v) is 4.87. The average molecular weight is 356 g/mol. The van der Waals surface area contributed by atoms with E-state index < -0.39 is 17.9 Å². The molecule has 0 aromatic carbocycles. The number of carbonyl (C=O) groups is 3. The van der Waals surface area contributed by atoms with Crippen molar-refractivity contribution < 1.29 is 28.4 Å². The predicted octanol–water partition coefficient (Wildman–Crippen LogP) is 0.614. The van der Waals surface area contributed by atoms with Gasteiger partial charge in [-0.1, -0.05) is 5.16 Å². The van der Waals surface area contributed by atoms with Crippen LogP contribution < -0.4 is 10.6 Å². The third kappa shape index (κ3) is 8.70. The molecule has 1 rings (SSSR count). The first-order valence-corrected chi connectivity index (χ1v) is 8.03. The minimum atomic E-state index is -0.544. The molecule has 0 bridgehead atoms. The summed E-state index contributed by atoms with van der Waals surface area (Å²) in [7, 11) is 0. The number of hydrogen-bond acceptors (Lipinski definition) is 7. The fourth-order valence-electron chi connectivity index (χ4n) is 1.86. The van der Waals surface area contributed by atoms with Crippen LogP contribution in [0.3, 0.4) is 0 Å². The van der Waals surface area contributed by atoms with E-state index in [0.717, 1.165) is 0 Å². The Morgan fingerprint density at radius 1 is 1.28 bits per heavy atom. The molecule has 0 spiro atoms. The molecule has 1 aromatic heterocycles. The molecule has 0 fully saturated rings. The summed E-state index contributed by atoms with van der Waals surface area (Å²) in [6, 6.07) is 0.942. The molecule has 25 heavy (non-hydrogen) atoms. The largest absolute Gasteiger partial charge is 0.465 e. The van der Waals surface area contributed by atoms with Crippen LogP contribution in [0.2, 0.25) is 0 Å². The van der Waals surface area contributed by atoms with Crippen molar-refractivity contribution in [2.24, 2.45) is 0 Å². The van der Waals surface area contributed by atoms with E-state index in [4.69, 9.17) is 9.47 Å². The van der Waals surface area contributed by atoms with Gasteiger partial charge in [0.2, 0.25) is 5.91 Å². The van der Waals surface area contributed by atoms with Crippen molar-refractivity contribution in [3.05, 3.63) is 12.3 Å². The fraction of sp³-hybridized carbons (Fsp3) is 0.600. The van der Waals surface area contributed by atoms with Gasteiger partial charge in [-0.2, -0.15) is 0 Å². The normalized spacial score (nSPS) is 10.2. The molecule has 1 aromatic rings. The van der Waals surface area contributed by atoms with Gasteiger partial charge in [-0.05, 0) is 20.3 Å². The SMILES string of the molecule is CCOCCCN(CC(=O)Nc1ccon1)C(=O)NCC(=O)OCC. The summed E-state index contributed by atoms with van der Waals surface area (Å²) in [6.45, 7) is 4.63. The van der Waals surface area contributed by atoms with Crippen molar-refractivity contribution in [1.82, 2.24) is 15.4 Å². The topological polar surface area (TPSA) is 123 Å². The molecular weight excluding hydrogens is 332 g/mol. The van der Waals surface area contributed by atoms with E-state index in [0.29, 0.717) is 26.2 Å². The van der Waals surface area contributed by atoms with E-state index >= 15 is 0 Å². The van der Waals surface area contributed by atoms with Crippen molar-refractivity contribution in [2.75, 3.05) is 44.8 Å². The van der Waals surface area contributed by atoms with Crippen LogP contribution in [0.1, 0.15) is 20.3 Å². The zero-order valence-electron chi connectivity index (χ0n) is 14.4. The van der Waals surface area contributed by atoms with Crippen molar-refractivity contribution in [3.8, 4) is 0 Å². The number of esters is 1. The Kier molecular flexibility index (Phi) is 9.68. The van der Waals surface area contributed by atoms with Crippen molar-refractivity contribution in [2.45, 2.75) is 20.3 Å². The first-order chi connectivity index (χ1) is 12.1. The van der Waals surface area contributed by atoms with E-state index in [2.05, 4.69) is 20.3 Å². The highest BCUT2D eigenvalue weighted by atomic mass is 16.5. The summed E-state index contributed by atoms with van der Waals surface area (Å²) >= 11 is 0. The van der Waals surface area contributed by atoms with Crippen LogP contribution in [-0.4, -0.2) is 67.4 Å². The highest BCUT2D eigenvalue weighted by Crippen LogP contribution is 2.02. The molecule has 10 nitrogen and oxygen atoms in total. The number of rotatable bonds is 11. The number of carbonyl (C=O) groups excluding carboxylic acids is 3. The number of nitrogens with one attached hydrogen (secondary N) is 2. The van der Waals surface area contributed by atoms with Crippen LogP contribution in [0.15, 0.2) is 16.9 Å². The van der Waals surface area contributed by atoms with Crippen molar-refractivity contribution in [1.29, 1.82) is 0 Å². The maximum atomic E-state index is 12.2. The molecule has 0 atom stereocenters. The fourth-order valence-corrected chi connectivity index (χ4v) is 1.86. The lowest BCUT2D eigenvalue weighted by Crippen LogP contribution is -2.46. The third-order valence-electron chi connectivity index (χ3n) is 2.94. The molecule has 0 saturated heterocycles. The maximum absolute atomic E-state index is 12.2. The first-order valence-electron chi connectivity index (χ1n) is 8.03.